The van der Waals surface area contributed by atoms with E-state index in [1.807, 2.05) is 0 Å². The van der Waals surface area contributed by atoms with Gasteiger partial charge in [0.05, 0.1) is 0 Å². The van der Waals surface area contributed by atoms with Crippen LogP contribution in [-0.2, 0) is 24.3 Å². The lowest BCUT2D eigenvalue weighted by Crippen LogP contribution is -2.43. The summed E-state index contributed by atoms with van der Waals surface area (Å²) in [5, 5.41) is 5.55. The SMILES string of the molecule is COCC(=O)Nc1ccc(NC(=O)[C@@H]2CCCN2C2=NS(=O)(=O)c3ccccc32)cc1. The Hall–Kier alpha value is -3.24. The van der Waals surface area contributed by atoms with Gasteiger partial charge in [-0.15, -0.1) is 4.40 Å². The van der Waals surface area contributed by atoms with Crippen molar-refractivity contribution in [1.82, 2.24) is 4.90 Å². The van der Waals surface area contributed by atoms with E-state index in [2.05, 4.69) is 15.0 Å². The minimum atomic E-state index is -3.75. The Bertz CT molecular complexity index is 1140. The molecule has 162 valence electrons. The number of nitrogens with one attached hydrogen (secondary N) is 2. The predicted octanol–water partition coefficient (Wildman–Crippen LogP) is 1.82. The summed E-state index contributed by atoms with van der Waals surface area (Å²) in [6, 6.07) is 12.9. The predicted molar refractivity (Wildman–Crippen MR) is 115 cm³/mol. The highest BCUT2D eigenvalue weighted by Gasteiger charge is 2.39. The molecule has 0 unspecified atom stereocenters. The zero-order valence-corrected chi connectivity index (χ0v) is 17.7. The Kier molecular flexibility index (Phi) is 5.75. The summed E-state index contributed by atoms with van der Waals surface area (Å²) in [5.74, 6) is -0.184. The summed E-state index contributed by atoms with van der Waals surface area (Å²) < 4.78 is 33.5. The summed E-state index contributed by atoms with van der Waals surface area (Å²) >= 11 is 0. The number of methoxy groups -OCH3 is 1. The second-order valence-electron chi connectivity index (χ2n) is 7.29. The Morgan fingerprint density at radius 3 is 2.48 bits per heavy atom. The van der Waals surface area contributed by atoms with Crippen molar-refractivity contribution < 1.29 is 22.7 Å². The highest BCUT2D eigenvalue weighted by atomic mass is 32.2. The second-order valence-corrected chi connectivity index (χ2v) is 8.86. The molecule has 2 aliphatic heterocycles. The molecule has 1 saturated heterocycles. The second kappa shape index (κ2) is 8.48. The lowest BCUT2D eigenvalue weighted by molar-refractivity contribution is -0.120. The number of amidine groups is 1. The zero-order chi connectivity index (χ0) is 22.0. The molecule has 2 amide bonds. The van der Waals surface area contributed by atoms with Crippen molar-refractivity contribution in [3.8, 4) is 0 Å². The molecule has 0 bridgehead atoms. The fraction of sp³-hybridized carbons (Fsp3) is 0.286. The molecule has 10 heteroatoms. The van der Waals surface area contributed by atoms with Crippen LogP contribution in [0.2, 0.25) is 0 Å². The first-order chi connectivity index (χ1) is 14.9. The highest BCUT2D eigenvalue weighted by Crippen LogP contribution is 2.31. The normalized spacial score (nSPS) is 18.9. The van der Waals surface area contributed by atoms with Crippen molar-refractivity contribution in [1.29, 1.82) is 0 Å². The summed E-state index contributed by atoms with van der Waals surface area (Å²) in [6.07, 6.45) is 1.35. The average molecular weight is 442 g/mol. The third-order valence-electron chi connectivity index (χ3n) is 5.15. The molecule has 0 aromatic heterocycles. The number of rotatable bonds is 5. The number of benzene rings is 2. The van der Waals surface area contributed by atoms with E-state index >= 15 is 0 Å². The molecule has 1 fully saturated rings. The molecule has 2 heterocycles. The molecule has 0 saturated carbocycles. The van der Waals surface area contributed by atoms with E-state index in [0.717, 1.165) is 6.42 Å². The van der Waals surface area contributed by atoms with Gasteiger partial charge in [0.15, 0.2) is 5.84 Å². The smallest absolute Gasteiger partial charge is 0.285 e. The average Bonchev–Trinajstić information content (AvgIpc) is 3.33. The number of carbonyl (C=O) groups excluding carboxylic acids is 2. The van der Waals surface area contributed by atoms with Gasteiger partial charge in [-0.2, -0.15) is 8.42 Å². The van der Waals surface area contributed by atoms with E-state index in [9.17, 15) is 18.0 Å². The Balaban J connectivity index is 1.48. The van der Waals surface area contributed by atoms with Gasteiger partial charge in [0.2, 0.25) is 11.8 Å². The maximum absolute atomic E-state index is 13.0. The first-order valence-corrected chi connectivity index (χ1v) is 11.2. The molecular weight excluding hydrogens is 420 g/mol. The van der Waals surface area contributed by atoms with Crippen LogP contribution in [0.4, 0.5) is 11.4 Å². The van der Waals surface area contributed by atoms with Crippen LogP contribution in [0.25, 0.3) is 0 Å². The zero-order valence-electron chi connectivity index (χ0n) is 16.9. The van der Waals surface area contributed by atoms with Crippen LogP contribution in [0.15, 0.2) is 57.8 Å². The van der Waals surface area contributed by atoms with Gasteiger partial charge in [-0.25, -0.2) is 0 Å². The topological polar surface area (TPSA) is 117 Å². The van der Waals surface area contributed by atoms with Crippen LogP contribution >= 0.6 is 0 Å². The van der Waals surface area contributed by atoms with Crippen molar-refractivity contribution in [2.45, 2.75) is 23.8 Å². The number of sulfonamides is 1. The van der Waals surface area contributed by atoms with E-state index in [0.29, 0.717) is 35.7 Å². The molecule has 0 radical (unpaired) electrons. The van der Waals surface area contributed by atoms with E-state index < -0.39 is 16.1 Å². The van der Waals surface area contributed by atoms with Crippen LogP contribution in [0.5, 0.6) is 0 Å². The first kappa shape index (κ1) is 21.0. The number of likely N-dealkylation sites (tertiary alicyclic amines) is 1. The third kappa shape index (κ3) is 4.30. The Morgan fingerprint density at radius 1 is 1.10 bits per heavy atom. The number of fused-ring (bicyclic) bond motifs is 1. The van der Waals surface area contributed by atoms with Crippen molar-refractivity contribution in [2.24, 2.45) is 4.40 Å². The number of nitrogens with zero attached hydrogens (tertiary/aromatic N) is 2. The summed E-state index contributed by atoms with van der Waals surface area (Å²) in [4.78, 5) is 26.5. The molecule has 0 aliphatic carbocycles. The number of anilines is 2. The van der Waals surface area contributed by atoms with Gasteiger partial charge in [0.25, 0.3) is 10.0 Å². The van der Waals surface area contributed by atoms with E-state index in [-0.39, 0.29) is 23.3 Å². The molecule has 2 N–H and O–H groups in total. The van der Waals surface area contributed by atoms with Gasteiger partial charge in [-0.1, -0.05) is 12.1 Å². The van der Waals surface area contributed by atoms with Crippen LogP contribution in [0.3, 0.4) is 0 Å². The van der Waals surface area contributed by atoms with Crippen molar-refractivity contribution in [3.05, 3.63) is 54.1 Å². The molecule has 31 heavy (non-hydrogen) atoms. The molecule has 2 aliphatic rings. The van der Waals surface area contributed by atoms with Gasteiger partial charge in [-0.3, -0.25) is 9.59 Å². The molecule has 0 spiro atoms. The van der Waals surface area contributed by atoms with Crippen molar-refractivity contribution in [3.63, 3.8) is 0 Å². The van der Waals surface area contributed by atoms with Gasteiger partial charge in [0, 0.05) is 30.6 Å². The van der Waals surface area contributed by atoms with Gasteiger partial charge in [0.1, 0.15) is 17.5 Å². The largest absolute Gasteiger partial charge is 0.375 e. The molecule has 1 atom stereocenters. The van der Waals surface area contributed by atoms with Crippen LogP contribution in [0.1, 0.15) is 18.4 Å². The molecule has 2 aromatic rings. The minimum absolute atomic E-state index is 0.0429. The third-order valence-corrected chi connectivity index (χ3v) is 6.48. The molecule has 9 nitrogen and oxygen atoms in total. The van der Waals surface area contributed by atoms with E-state index in [1.165, 1.54) is 13.2 Å². The number of hydrogen-bond donors (Lipinski definition) is 2. The minimum Gasteiger partial charge on any atom is -0.375 e. The van der Waals surface area contributed by atoms with Crippen LogP contribution in [0, 0.1) is 0 Å². The van der Waals surface area contributed by atoms with Crippen LogP contribution in [-0.4, -0.2) is 57.3 Å². The lowest BCUT2D eigenvalue weighted by Gasteiger charge is -2.25. The van der Waals surface area contributed by atoms with Crippen molar-refractivity contribution >= 4 is 39.0 Å². The summed E-state index contributed by atoms with van der Waals surface area (Å²) in [7, 11) is -2.31. The summed E-state index contributed by atoms with van der Waals surface area (Å²) in [6.45, 7) is 0.504. The fourth-order valence-corrected chi connectivity index (χ4v) is 5.00. The monoisotopic (exact) mass is 442 g/mol. The Labute approximate surface area is 180 Å². The number of ether oxygens (including phenoxy) is 1. The van der Waals surface area contributed by atoms with Gasteiger partial charge < -0.3 is 20.3 Å². The maximum Gasteiger partial charge on any atom is 0.285 e. The number of amides is 2. The fourth-order valence-electron chi connectivity index (χ4n) is 3.78. The van der Waals surface area contributed by atoms with E-state index in [1.54, 1.807) is 47.4 Å². The highest BCUT2D eigenvalue weighted by molar-refractivity contribution is 7.90. The summed E-state index contributed by atoms with van der Waals surface area (Å²) in [5.41, 5.74) is 1.69. The number of carbonyl (C=O) groups is 2. The van der Waals surface area contributed by atoms with Crippen molar-refractivity contribution in [2.75, 3.05) is 30.9 Å². The van der Waals surface area contributed by atoms with Gasteiger partial charge >= 0.3 is 0 Å². The van der Waals surface area contributed by atoms with E-state index in [4.69, 9.17) is 4.74 Å². The maximum atomic E-state index is 13.0. The lowest BCUT2D eigenvalue weighted by atomic mass is 10.1. The molecule has 4 rings (SSSR count). The quantitative estimate of drug-likeness (QED) is 0.730. The molecular formula is C21H22N4O5S. The number of hydrogen-bond acceptors (Lipinski definition) is 6. The standard InChI is InChI=1S/C21H22N4O5S/c1-30-13-19(26)22-14-8-10-15(11-9-14)23-21(27)17-6-4-12-25(17)20-16-5-2-3-7-18(16)31(28,29)24-20/h2-3,5,7-11,17H,4,6,12-13H2,1H3,(H,22,26)(H,23,27)/t17-/m0/s1. The first-order valence-electron chi connectivity index (χ1n) is 9.80. The molecule has 2 aromatic carbocycles. The Morgan fingerprint density at radius 2 is 1.77 bits per heavy atom. The van der Waals surface area contributed by atoms with Crippen LogP contribution < -0.4 is 10.6 Å². The van der Waals surface area contributed by atoms with Gasteiger partial charge in [-0.05, 0) is 49.2 Å².